The van der Waals surface area contributed by atoms with Gasteiger partial charge >= 0.3 is 0 Å². The molecule has 0 radical (unpaired) electrons. The van der Waals surface area contributed by atoms with Gasteiger partial charge in [-0.25, -0.2) is 4.98 Å². The summed E-state index contributed by atoms with van der Waals surface area (Å²) in [6, 6.07) is 0. The zero-order valence-electron chi connectivity index (χ0n) is 21.7. The lowest BCUT2D eigenvalue weighted by Gasteiger charge is -2.02. The summed E-state index contributed by atoms with van der Waals surface area (Å²) in [5.41, 5.74) is 5.84. The van der Waals surface area contributed by atoms with E-state index in [0.29, 0.717) is 5.92 Å². The van der Waals surface area contributed by atoms with Crippen LogP contribution in [0, 0.1) is 48.5 Å². The number of H-pyrrole nitrogens is 1. The standard InChI is InChI=1S/C8H14N2.C6H9NO.C5H9N3.2C2H6/c1-5(2)8-6(3)9-10-7(8)4;1-4-5(2)7-8-6(4)3;1-4-6-5(2)8(3)7-4;2*1-2/h5H,1-4H3,(H,9,10);2*1-3H3;2*1-2H3. The van der Waals surface area contributed by atoms with Gasteiger partial charge in [0.05, 0.1) is 11.4 Å². The van der Waals surface area contributed by atoms with Crippen LogP contribution in [0.25, 0.3) is 0 Å². The SMILES string of the molecule is CC.CC.Cc1n[nH]c(C)c1C(C)C.Cc1nc(C)n(C)n1.Cc1noc(C)c1C. The number of aromatic amines is 1. The number of hydrogen-bond acceptors (Lipinski definition) is 5. The Kier molecular flexibility index (Phi) is 15.3. The number of hydrogen-bond donors (Lipinski definition) is 1. The molecular weight excluding hydrogens is 376 g/mol. The molecule has 172 valence electrons. The molecule has 0 unspecified atom stereocenters. The topological polar surface area (TPSA) is 85.4 Å². The van der Waals surface area contributed by atoms with E-state index < -0.39 is 0 Å². The van der Waals surface area contributed by atoms with E-state index in [9.17, 15) is 0 Å². The molecule has 0 aliphatic rings. The molecule has 7 heteroatoms. The van der Waals surface area contributed by atoms with E-state index in [4.69, 9.17) is 4.52 Å². The minimum Gasteiger partial charge on any atom is -0.361 e. The highest BCUT2D eigenvalue weighted by molar-refractivity contribution is 5.26. The van der Waals surface area contributed by atoms with Crippen LogP contribution in [0.2, 0.25) is 0 Å². The maximum absolute atomic E-state index is 4.84. The van der Waals surface area contributed by atoms with Crippen molar-refractivity contribution < 1.29 is 4.52 Å². The van der Waals surface area contributed by atoms with Crippen molar-refractivity contribution in [2.75, 3.05) is 0 Å². The number of aryl methyl sites for hydroxylation is 7. The van der Waals surface area contributed by atoms with Crippen LogP contribution in [0.1, 0.15) is 93.1 Å². The van der Waals surface area contributed by atoms with Crippen molar-refractivity contribution >= 4 is 0 Å². The first-order valence-corrected chi connectivity index (χ1v) is 10.8. The Bertz CT molecular complexity index is 768. The van der Waals surface area contributed by atoms with Crippen LogP contribution < -0.4 is 0 Å². The smallest absolute Gasteiger partial charge is 0.147 e. The Morgan fingerprint density at radius 2 is 1.40 bits per heavy atom. The van der Waals surface area contributed by atoms with Gasteiger partial charge in [0.15, 0.2) is 0 Å². The lowest BCUT2D eigenvalue weighted by molar-refractivity contribution is 0.392. The Hall–Kier alpha value is -2.44. The van der Waals surface area contributed by atoms with Gasteiger partial charge in [0, 0.05) is 18.3 Å². The molecule has 7 nitrogen and oxygen atoms in total. The summed E-state index contributed by atoms with van der Waals surface area (Å²) in [5.74, 6) is 3.30. The average Bonchev–Trinajstić information content (AvgIpc) is 3.31. The highest BCUT2D eigenvalue weighted by Crippen LogP contribution is 2.19. The fourth-order valence-corrected chi connectivity index (χ4v) is 2.56. The lowest BCUT2D eigenvalue weighted by atomic mass is 10.0. The Morgan fingerprint density at radius 3 is 1.53 bits per heavy atom. The average molecular weight is 421 g/mol. The van der Waals surface area contributed by atoms with E-state index in [1.807, 2.05) is 76.3 Å². The van der Waals surface area contributed by atoms with Gasteiger partial charge in [-0.2, -0.15) is 10.2 Å². The van der Waals surface area contributed by atoms with Crippen molar-refractivity contribution in [1.29, 1.82) is 0 Å². The molecule has 0 atom stereocenters. The first-order chi connectivity index (χ1) is 14.0. The molecule has 0 aliphatic carbocycles. The van der Waals surface area contributed by atoms with Gasteiger partial charge in [0.2, 0.25) is 0 Å². The van der Waals surface area contributed by atoms with Gasteiger partial charge in [-0.1, -0.05) is 46.7 Å². The Morgan fingerprint density at radius 1 is 0.867 bits per heavy atom. The quantitative estimate of drug-likeness (QED) is 0.504. The molecule has 0 saturated carbocycles. The highest BCUT2D eigenvalue weighted by atomic mass is 16.5. The molecule has 3 aromatic rings. The van der Waals surface area contributed by atoms with Crippen LogP contribution in [-0.2, 0) is 7.05 Å². The van der Waals surface area contributed by atoms with E-state index in [0.717, 1.165) is 34.4 Å². The molecule has 1 N–H and O–H groups in total. The summed E-state index contributed by atoms with van der Waals surface area (Å²) in [4.78, 5) is 4.06. The van der Waals surface area contributed by atoms with Crippen molar-refractivity contribution in [3.8, 4) is 0 Å². The molecular formula is C23H44N6O. The van der Waals surface area contributed by atoms with Crippen LogP contribution in [0.3, 0.4) is 0 Å². The number of rotatable bonds is 1. The van der Waals surface area contributed by atoms with Crippen molar-refractivity contribution in [2.45, 2.75) is 95.9 Å². The molecule has 3 aromatic heterocycles. The second-order valence-corrected chi connectivity index (χ2v) is 6.78. The van der Waals surface area contributed by atoms with Crippen LogP contribution in [0.4, 0.5) is 0 Å². The van der Waals surface area contributed by atoms with Gasteiger partial charge in [0.1, 0.15) is 17.4 Å². The molecule has 0 aliphatic heterocycles. The molecule has 30 heavy (non-hydrogen) atoms. The Labute approximate surface area is 183 Å². The highest BCUT2D eigenvalue weighted by Gasteiger charge is 2.08. The third-order valence-electron chi connectivity index (χ3n) is 4.24. The molecule has 0 spiro atoms. The van der Waals surface area contributed by atoms with Crippen LogP contribution in [0.5, 0.6) is 0 Å². The van der Waals surface area contributed by atoms with Gasteiger partial charge < -0.3 is 4.52 Å². The van der Waals surface area contributed by atoms with E-state index >= 15 is 0 Å². The first kappa shape index (κ1) is 29.8. The molecule has 3 heterocycles. The van der Waals surface area contributed by atoms with Crippen molar-refractivity contribution in [1.82, 2.24) is 30.1 Å². The van der Waals surface area contributed by atoms with E-state index in [2.05, 4.69) is 46.2 Å². The number of aromatic nitrogens is 6. The second kappa shape index (κ2) is 15.4. The first-order valence-electron chi connectivity index (χ1n) is 10.8. The summed E-state index contributed by atoms with van der Waals surface area (Å²) < 4.78 is 6.60. The minimum absolute atomic E-state index is 0.582. The fraction of sp³-hybridized carbons (Fsp3) is 0.652. The van der Waals surface area contributed by atoms with E-state index in [1.165, 1.54) is 11.3 Å². The maximum Gasteiger partial charge on any atom is 0.147 e. The predicted octanol–water partition coefficient (Wildman–Crippen LogP) is 6.23. The third kappa shape index (κ3) is 9.85. The zero-order chi connectivity index (χ0) is 24.0. The minimum atomic E-state index is 0.582. The van der Waals surface area contributed by atoms with Crippen molar-refractivity contribution in [2.24, 2.45) is 7.05 Å². The molecule has 0 fully saturated rings. The summed E-state index contributed by atoms with van der Waals surface area (Å²) in [7, 11) is 1.88. The normalized spacial score (nSPS) is 9.30. The van der Waals surface area contributed by atoms with Crippen molar-refractivity contribution in [3.63, 3.8) is 0 Å². The predicted molar refractivity (Wildman–Crippen MR) is 126 cm³/mol. The van der Waals surface area contributed by atoms with Crippen molar-refractivity contribution in [3.05, 3.63) is 45.6 Å². The van der Waals surface area contributed by atoms with Gasteiger partial charge in [-0.15, -0.1) is 0 Å². The summed E-state index contributed by atoms with van der Waals surface area (Å²) in [6.45, 7) is 26.1. The molecule has 0 saturated heterocycles. The van der Waals surface area contributed by atoms with E-state index in [-0.39, 0.29) is 0 Å². The Balaban J connectivity index is 0. The summed E-state index contributed by atoms with van der Waals surface area (Å²) in [5, 5.41) is 14.8. The summed E-state index contributed by atoms with van der Waals surface area (Å²) in [6.07, 6.45) is 0. The summed E-state index contributed by atoms with van der Waals surface area (Å²) >= 11 is 0. The molecule has 3 rings (SSSR count). The number of nitrogens with zero attached hydrogens (tertiary/aromatic N) is 5. The molecule has 0 bridgehead atoms. The molecule has 0 amide bonds. The van der Waals surface area contributed by atoms with Gasteiger partial charge in [-0.3, -0.25) is 9.78 Å². The third-order valence-corrected chi connectivity index (χ3v) is 4.24. The largest absolute Gasteiger partial charge is 0.361 e. The second-order valence-electron chi connectivity index (χ2n) is 6.78. The fourth-order valence-electron chi connectivity index (χ4n) is 2.56. The van der Waals surface area contributed by atoms with Crippen LogP contribution >= 0.6 is 0 Å². The van der Waals surface area contributed by atoms with Crippen LogP contribution in [0.15, 0.2) is 4.52 Å². The van der Waals surface area contributed by atoms with Gasteiger partial charge in [0.25, 0.3) is 0 Å². The number of nitrogens with one attached hydrogen (secondary N) is 1. The lowest BCUT2D eigenvalue weighted by Crippen LogP contribution is -1.92. The van der Waals surface area contributed by atoms with E-state index in [1.54, 1.807) is 4.68 Å². The van der Waals surface area contributed by atoms with Gasteiger partial charge in [-0.05, 0) is 59.9 Å². The van der Waals surface area contributed by atoms with Crippen LogP contribution in [-0.4, -0.2) is 30.1 Å². The monoisotopic (exact) mass is 420 g/mol. The molecule has 0 aromatic carbocycles. The maximum atomic E-state index is 4.84. The zero-order valence-corrected chi connectivity index (χ0v) is 21.7.